The van der Waals surface area contributed by atoms with Crippen LogP contribution in [0.4, 0.5) is 0 Å². The average Bonchev–Trinajstić information content (AvgIpc) is 3.67. The summed E-state index contributed by atoms with van der Waals surface area (Å²) in [4.78, 5) is 25.8. The maximum Gasteiger partial charge on any atom is 0.308 e. The van der Waals surface area contributed by atoms with Gasteiger partial charge in [-0.3, -0.25) is 4.79 Å². The summed E-state index contributed by atoms with van der Waals surface area (Å²) in [6.45, 7) is 0.647. The van der Waals surface area contributed by atoms with Crippen molar-refractivity contribution in [1.29, 1.82) is 0 Å². The minimum Gasteiger partial charge on any atom is -0.508 e. The van der Waals surface area contributed by atoms with Gasteiger partial charge in [0.05, 0.1) is 5.92 Å². The highest BCUT2D eigenvalue weighted by Gasteiger charge is 2.53. The molecule has 7 nitrogen and oxygen atoms in total. The monoisotopic (exact) mass is 771 g/mol. The van der Waals surface area contributed by atoms with Gasteiger partial charge in [0.25, 0.3) is 0 Å². The number of aldehydes is 1. The van der Waals surface area contributed by atoms with Crippen LogP contribution in [0.3, 0.4) is 0 Å². The third kappa shape index (κ3) is 9.22. The Hall–Kier alpha value is -4.30. The highest BCUT2D eigenvalue weighted by molar-refractivity contribution is 5.74. The third-order valence-electron chi connectivity index (χ3n) is 14.1. The number of carboxylic acids is 1. The molecule has 0 saturated heterocycles. The number of nitrogens with two attached hydrogens (primary N) is 1. The molecule has 0 amide bonds. The van der Waals surface area contributed by atoms with Crippen LogP contribution in [0.25, 0.3) is 12.2 Å². The number of aliphatic carboxylic acids is 1. The lowest BCUT2D eigenvalue weighted by Gasteiger charge is -2.49. The minimum atomic E-state index is -1.84. The predicted molar refractivity (Wildman–Crippen MR) is 225 cm³/mol. The molecule has 3 aromatic carbocycles. The standard InChI is InChI=1S/C50H61NO6/c51-25-23-33-16-17-39(26-33)41(32-52)12-3-1-2-9-35-13-7-15-45(48(54)55)47(49(56)57)50(24-22-40-29-37-10-4-5-11-38(37)30-42(40)31-50)43-14-6-8-34(27-43)28-46(35)36-18-20-44(53)21-19-36/h4-8,10-11,14-15,18-21,26-27,29-30,32,35,39-42,45-48,53-55H,1-3,9,12-13,16-17,22-25,28,31,51H2,(H,56,57). The lowest BCUT2D eigenvalue weighted by atomic mass is 9.53. The van der Waals surface area contributed by atoms with Gasteiger partial charge in [-0.2, -0.15) is 0 Å². The molecule has 6 N–H and O–H groups in total. The Labute approximate surface area is 337 Å². The van der Waals surface area contributed by atoms with Gasteiger partial charge in [-0.1, -0.05) is 116 Å². The average molecular weight is 772 g/mol. The molecule has 1 spiro atoms. The number of aliphatic hydroxyl groups excluding tert-OH is 1. The van der Waals surface area contributed by atoms with E-state index in [2.05, 4.69) is 60.7 Å². The number of unbranched alkanes of at least 4 members (excludes halogenated alkanes) is 2. The fraction of sp³-hybridized carbons (Fsp3) is 0.480. The lowest BCUT2D eigenvalue weighted by molar-refractivity contribution is -0.158. The van der Waals surface area contributed by atoms with Gasteiger partial charge < -0.3 is 31.0 Å². The molecule has 2 bridgehead atoms. The summed E-state index contributed by atoms with van der Waals surface area (Å²) in [5, 5.41) is 45.8. The first-order chi connectivity index (χ1) is 27.7. The first-order valence-electron chi connectivity index (χ1n) is 21.5. The molecule has 1 fully saturated rings. The summed E-state index contributed by atoms with van der Waals surface area (Å²) in [6.07, 6.45) is 21.2. The van der Waals surface area contributed by atoms with E-state index in [0.717, 1.165) is 92.4 Å². The van der Waals surface area contributed by atoms with E-state index in [-0.39, 0.29) is 35.3 Å². The van der Waals surface area contributed by atoms with Gasteiger partial charge in [0, 0.05) is 17.3 Å². The number of carbonyl (C=O) groups is 2. The molecule has 0 aliphatic heterocycles. The SMILES string of the molecule is NCCC1=CC(C(C=O)CCCCCC2CC=CC(C(O)O)C(C(=O)O)C3(CCC4C=c5ccccc5=CC4C3)c3cccc(c3)CC2c2ccc(O)cc2)CC1. The van der Waals surface area contributed by atoms with Crippen molar-refractivity contribution >= 4 is 24.4 Å². The molecule has 1 saturated carbocycles. The molecule has 0 radical (unpaired) electrons. The minimum absolute atomic E-state index is 0.0360. The van der Waals surface area contributed by atoms with Crippen LogP contribution >= 0.6 is 0 Å². The molecule has 57 heavy (non-hydrogen) atoms. The number of allylic oxidation sites excluding steroid dienone is 2. The second-order valence-corrected chi connectivity index (χ2v) is 17.5. The molecule has 9 atom stereocenters. The number of hydrogen-bond acceptors (Lipinski definition) is 6. The van der Waals surface area contributed by atoms with Gasteiger partial charge in [0.2, 0.25) is 0 Å². The van der Waals surface area contributed by atoms with Crippen LogP contribution in [0.1, 0.15) is 99.7 Å². The molecule has 0 heterocycles. The van der Waals surface area contributed by atoms with E-state index >= 15 is 0 Å². The Bertz CT molecular complexity index is 2040. The molecular weight excluding hydrogens is 711 g/mol. The molecule has 7 heteroatoms. The Morgan fingerprint density at radius 1 is 0.912 bits per heavy atom. The Morgan fingerprint density at radius 2 is 1.68 bits per heavy atom. The number of phenols is 1. The van der Waals surface area contributed by atoms with Gasteiger partial charge in [-0.05, 0) is 140 Å². The summed E-state index contributed by atoms with van der Waals surface area (Å²) in [5.41, 5.74) is 9.56. The van der Waals surface area contributed by atoms with E-state index in [9.17, 15) is 30.0 Å². The van der Waals surface area contributed by atoms with Crippen LogP contribution in [0.2, 0.25) is 0 Å². The summed E-state index contributed by atoms with van der Waals surface area (Å²) in [5.74, 6) is -1.81. The molecular formula is C50H61NO6. The van der Waals surface area contributed by atoms with Gasteiger partial charge in [-0.25, -0.2) is 0 Å². The van der Waals surface area contributed by atoms with Crippen molar-refractivity contribution in [3.63, 3.8) is 0 Å². The summed E-state index contributed by atoms with van der Waals surface area (Å²) >= 11 is 0. The van der Waals surface area contributed by atoms with Gasteiger partial charge in [0.1, 0.15) is 12.0 Å². The number of fused-ring (bicyclic) bond motifs is 5. The van der Waals surface area contributed by atoms with Gasteiger partial charge in [-0.15, -0.1) is 0 Å². The predicted octanol–water partition coefficient (Wildman–Crippen LogP) is 7.30. The molecule has 4 aliphatic carbocycles. The van der Waals surface area contributed by atoms with E-state index in [1.165, 1.54) is 10.8 Å². The maximum atomic E-state index is 13.6. The van der Waals surface area contributed by atoms with E-state index in [1.54, 1.807) is 18.2 Å². The summed E-state index contributed by atoms with van der Waals surface area (Å²) < 4.78 is 0. The highest BCUT2D eigenvalue weighted by Crippen LogP contribution is 2.53. The van der Waals surface area contributed by atoms with E-state index in [4.69, 9.17) is 5.73 Å². The van der Waals surface area contributed by atoms with Crippen LogP contribution in [0, 0.1) is 41.4 Å². The molecule has 302 valence electrons. The quantitative estimate of drug-likeness (QED) is 0.0532. The van der Waals surface area contributed by atoms with Crippen molar-refractivity contribution in [2.45, 2.75) is 101 Å². The van der Waals surface area contributed by atoms with Crippen LogP contribution in [-0.2, 0) is 21.4 Å². The van der Waals surface area contributed by atoms with Crippen molar-refractivity contribution < 1.29 is 30.0 Å². The van der Waals surface area contributed by atoms with Crippen molar-refractivity contribution in [3.8, 4) is 5.75 Å². The lowest BCUT2D eigenvalue weighted by Crippen LogP contribution is -2.51. The first kappa shape index (κ1) is 40.9. The zero-order valence-corrected chi connectivity index (χ0v) is 33.2. The van der Waals surface area contributed by atoms with Crippen LogP contribution in [0.5, 0.6) is 5.75 Å². The number of carbonyl (C=O) groups excluding carboxylic acids is 1. The first-order valence-corrected chi connectivity index (χ1v) is 21.5. The number of carboxylic acid groups (broad SMARTS) is 1. The number of phenolic OH excluding ortho intramolecular Hbond substituents is 1. The van der Waals surface area contributed by atoms with Gasteiger partial charge in [0.15, 0.2) is 6.29 Å². The third-order valence-corrected chi connectivity index (χ3v) is 14.1. The summed E-state index contributed by atoms with van der Waals surface area (Å²) in [7, 11) is 0. The fourth-order valence-electron chi connectivity index (χ4n) is 11.2. The molecule has 7 rings (SSSR count). The normalized spacial score (nSPS) is 28.8. The van der Waals surface area contributed by atoms with Crippen LogP contribution < -0.4 is 16.2 Å². The number of aliphatic hydroxyl groups is 2. The second kappa shape index (κ2) is 18.5. The van der Waals surface area contributed by atoms with Crippen molar-refractivity contribution in [2.75, 3.05) is 6.54 Å². The highest BCUT2D eigenvalue weighted by atomic mass is 16.5. The Kier molecular flexibility index (Phi) is 13.3. The zero-order chi connectivity index (χ0) is 39.9. The van der Waals surface area contributed by atoms with Crippen molar-refractivity contribution in [2.24, 2.45) is 47.2 Å². The molecule has 3 aromatic rings. The second-order valence-electron chi connectivity index (χ2n) is 17.5. The van der Waals surface area contributed by atoms with Gasteiger partial charge >= 0.3 is 5.97 Å². The number of benzene rings is 3. The van der Waals surface area contributed by atoms with Crippen LogP contribution in [0.15, 0.2) is 96.6 Å². The van der Waals surface area contributed by atoms with Crippen LogP contribution in [-0.4, -0.2) is 45.5 Å². The molecule has 4 aliphatic rings. The maximum absolute atomic E-state index is 13.6. The largest absolute Gasteiger partial charge is 0.508 e. The van der Waals surface area contributed by atoms with E-state index < -0.39 is 29.5 Å². The Morgan fingerprint density at radius 3 is 2.40 bits per heavy atom. The summed E-state index contributed by atoms with van der Waals surface area (Å²) in [6, 6.07) is 24.4. The Balaban J connectivity index is 1.19. The molecule has 9 unspecified atom stereocenters. The van der Waals surface area contributed by atoms with E-state index in [1.807, 2.05) is 24.3 Å². The zero-order valence-electron chi connectivity index (χ0n) is 33.2. The number of rotatable bonds is 13. The van der Waals surface area contributed by atoms with Crippen molar-refractivity contribution in [3.05, 3.63) is 124 Å². The smallest absolute Gasteiger partial charge is 0.308 e. The molecule has 0 aromatic heterocycles. The fourth-order valence-corrected chi connectivity index (χ4v) is 11.2. The van der Waals surface area contributed by atoms with Crippen molar-refractivity contribution in [1.82, 2.24) is 0 Å². The number of hydrogen-bond donors (Lipinski definition) is 5. The number of aromatic hydroxyl groups is 1. The topological polar surface area (TPSA) is 141 Å². The van der Waals surface area contributed by atoms with E-state index in [0.29, 0.717) is 31.7 Å².